The molecular formula is C20H19FN4O. The number of hydrogen-bond acceptors (Lipinski definition) is 4. The van der Waals surface area contributed by atoms with E-state index in [2.05, 4.69) is 20.8 Å². The molecule has 5 nitrogen and oxygen atoms in total. The van der Waals surface area contributed by atoms with E-state index in [1.807, 2.05) is 31.2 Å². The summed E-state index contributed by atoms with van der Waals surface area (Å²) in [7, 11) is 0. The molecule has 1 amide bonds. The van der Waals surface area contributed by atoms with Gasteiger partial charge in [0.2, 0.25) is 0 Å². The van der Waals surface area contributed by atoms with Gasteiger partial charge in [-0.1, -0.05) is 36.4 Å². The number of para-hydroxylation sites is 1. The highest BCUT2D eigenvalue weighted by atomic mass is 19.1. The molecular weight excluding hydrogens is 331 g/mol. The summed E-state index contributed by atoms with van der Waals surface area (Å²) < 4.78 is 13.6. The molecule has 0 saturated heterocycles. The fraction of sp³-hybridized carbons (Fsp3) is 0.150. The highest BCUT2D eigenvalue weighted by Gasteiger charge is 2.10. The smallest absolute Gasteiger partial charge is 0.276 e. The Balaban J connectivity index is 1.55. The van der Waals surface area contributed by atoms with Crippen LogP contribution in [-0.4, -0.2) is 22.6 Å². The van der Waals surface area contributed by atoms with E-state index < -0.39 is 0 Å². The number of rotatable bonds is 6. The first kappa shape index (κ1) is 17.5. The van der Waals surface area contributed by atoms with Crippen molar-refractivity contribution in [3.8, 4) is 0 Å². The van der Waals surface area contributed by atoms with E-state index in [9.17, 15) is 9.18 Å². The molecule has 0 fully saturated rings. The topological polar surface area (TPSA) is 66.9 Å². The van der Waals surface area contributed by atoms with Crippen molar-refractivity contribution < 1.29 is 9.18 Å². The van der Waals surface area contributed by atoms with Gasteiger partial charge in [0.05, 0.1) is 0 Å². The second kappa shape index (κ2) is 8.20. The lowest BCUT2D eigenvalue weighted by atomic mass is 10.1. The first-order valence-corrected chi connectivity index (χ1v) is 8.31. The van der Waals surface area contributed by atoms with E-state index in [0.717, 1.165) is 11.3 Å². The van der Waals surface area contributed by atoms with E-state index in [4.69, 9.17) is 0 Å². The van der Waals surface area contributed by atoms with Crippen molar-refractivity contribution in [3.63, 3.8) is 0 Å². The number of carbonyl (C=O) groups is 1. The van der Waals surface area contributed by atoms with Gasteiger partial charge in [0.1, 0.15) is 11.6 Å². The average Bonchev–Trinajstić information content (AvgIpc) is 2.66. The number of nitrogens with zero attached hydrogens (tertiary/aromatic N) is 2. The summed E-state index contributed by atoms with van der Waals surface area (Å²) in [5.41, 5.74) is 2.58. The number of hydrogen-bond donors (Lipinski definition) is 2. The Morgan fingerprint density at radius 1 is 1.00 bits per heavy atom. The van der Waals surface area contributed by atoms with Gasteiger partial charge < -0.3 is 10.6 Å². The lowest BCUT2D eigenvalue weighted by Gasteiger charge is -2.08. The number of amides is 1. The van der Waals surface area contributed by atoms with E-state index >= 15 is 0 Å². The molecule has 0 spiro atoms. The van der Waals surface area contributed by atoms with Crippen molar-refractivity contribution in [2.24, 2.45) is 0 Å². The third kappa shape index (κ3) is 4.42. The number of aryl methyl sites for hydroxylation is 1. The van der Waals surface area contributed by atoms with Crippen LogP contribution >= 0.6 is 0 Å². The van der Waals surface area contributed by atoms with Crippen molar-refractivity contribution in [1.29, 1.82) is 0 Å². The first-order chi connectivity index (χ1) is 12.6. The van der Waals surface area contributed by atoms with Crippen molar-refractivity contribution in [2.75, 3.05) is 17.2 Å². The molecule has 1 heterocycles. The Kier molecular flexibility index (Phi) is 5.53. The minimum atomic E-state index is -0.315. The molecule has 3 rings (SSSR count). The number of benzene rings is 2. The summed E-state index contributed by atoms with van der Waals surface area (Å²) in [6.07, 6.45) is 0.532. The zero-order valence-electron chi connectivity index (χ0n) is 14.4. The largest absolute Gasteiger partial charge is 0.368 e. The maximum Gasteiger partial charge on any atom is 0.276 e. The summed E-state index contributed by atoms with van der Waals surface area (Å²) in [6, 6.07) is 17.5. The zero-order chi connectivity index (χ0) is 18.4. The summed E-state index contributed by atoms with van der Waals surface area (Å²) in [6.45, 7) is 2.44. The quantitative estimate of drug-likeness (QED) is 0.709. The predicted molar refractivity (Wildman–Crippen MR) is 99.8 cm³/mol. The van der Waals surface area contributed by atoms with Gasteiger partial charge in [0.25, 0.3) is 5.91 Å². The van der Waals surface area contributed by atoms with Crippen LogP contribution in [0.4, 0.5) is 15.9 Å². The molecule has 2 aromatic carbocycles. The Bertz CT molecular complexity index is 896. The standard InChI is InChI=1S/C20H19FN4O/c1-14-6-2-5-9-17(14)23-20(26)18-10-11-19(25-24-18)22-13-12-15-7-3-4-8-16(15)21/h2-11H,12-13H2,1H3,(H,22,25)(H,23,26). The summed E-state index contributed by atoms with van der Waals surface area (Å²) in [4.78, 5) is 12.2. The van der Waals surface area contributed by atoms with E-state index in [0.29, 0.717) is 24.3 Å². The van der Waals surface area contributed by atoms with Gasteiger partial charge in [-0.05, 0) is 48.7 Å². The van der Waals surface area contributed by atoms with Gasteiger partial charge >= 0.3 is 0 Å². The Hall–Kier alpha value is -3.28. The minimum absolute atomic E-state index is 0.219. The third-order valence-corrected chi connectivity index (χ3v) is 3.95. The lowest BCUT2D eigenvalue weighted by molar-refractivity contribution is 0.102. The molecule has 1 aromatic heterocycles. The Labute approximate surface area is 151 Å². The van der Waals surface area contributed by atoms with Crippen LogP contribution in [0.2, 0.25) is 0 Å². The van der Waals surface area contributed by atoms with Crippen molar-refractivity contribution in [1.82, 2.24) is 10.2 Å². The van der Waals surface area contributed by atoms with Crippen molar-refractivity contribution in [2.45, 2.75) is 13.3 Å². The summed E-state index contributed by atoms with van der Waals surface area (Å²) >= 11 is 0. The molecule has 0 aliphatic rings. The maximum absolute atomic E-state index is 13.6. The average molecular weight is 350 g/mol. The molecule has 0 saturated carbocycles. The molecule has 6 heteroatoms. The van der Waals surface area contributed by atoms with Crippen LogP contribution in [-0.2, 0) is 6.42 Å². The molecule has 0 unspecified atom stereocenters. The van der Waals surface area contributed by atoms with E-state index in [1.54, 1.807) is 30.3 Å². The van der Waals surface area contributed by atoms with E-state index in [1.165, 1.54) is 6.07 Å². The lowest BCUT2D eigenvalue weighted by Crippen LogP contribution is -2.16. The van der Waals surface area contributed by atoms with Gasteiger partial charge in [0, 0.05) is 12.2 Å². The van der Waals surface area contributed by atoms with Crippen LogP contribution in [0.25, 0.3) is 0 Å². The number of carbonyl (C=O) groups excluding carboxylic acids is 1. The SMILES string of the molecule is Cc1ccccc1NC(=O)c1ccc(NCCc2ccccc2F)nn1. The number of halogens is 1. The Morgan fingerprint density at radius 2 is 1.77 bits per heavy atom. The molecule has 0 bridgehead atoms. The summed E-state index contributed by atoms with van der Waals surface area (Å²) in [5.74, 6) is 0.00194. The summed E-state index contributed by atoms with van der Waals surface area (Å²) in [5, 5.41) is 13.8. The van der Waals surface area contributed by atoms with Crippen LogP contribution < -0.4 is 10.6 Å². The van der Waals surface area contributed by atoms with Crippen LogP contribution in [0.15, 0.2) is 60.7 Å². The normalized spacial score (nSPS) is 10.4. The molecule has 26 heavy (non-hydrogen) atoms. The van der Waals surface area contributed by atoms with Crippen LogP contribution in [0.3, 0.4) is 0 Å². The van der Waals surface area contributed by atoms with Gasteiger partial charge in [0.15, 0.2) is 5.69 Å². The molecule has 2 N–H and O–H groups in total. The van der Waals surface area contributed by atoms with E-state index in [-0.39, 0.29) is 17.4 Å². The van der Waals surface area contributed by atoms with Crippen LogP contribution in [0.1, 0.15) is 21.6 Å². The van der Waals surface area contributed by atoms with Gasteiger partial charge in [-0.2, -0.15) is 0 Å². The van der Waals surface area contributed by atoms with Crippen LogP contribution in [0.5, 0.6) is 0 Å². The minimum Gasteiger partial charge on any atom is -0.368 e. The molecule has 0 atom stereocenters. The van der Waals surface area contributed by atoms with Gasteiger partial charge in [-0.3, -0.25) is 4.79 Å². The van der Waals surface area contributed by atoms with Crippen molar-refractivity contribution >= 4 is 17.4 Å². The maximum atomic E-state index is 13.6. The number of anilines is 2. The number of aromatic nitrogens is 2. The fourth-order valence-electron chi connectivity index (χ4n) is 2.47. The molecule has 0 aliphatic carbocycles. The van der Waals surface area contributed by atoms with Gasteiger partial charge in [-0.25, -0.2) is 4.39 Å². The fourth-order valence-corrected chi connectivity index (χ4v) is 2.47. The highest BCUT2D eigenvalue weighted by Crippen LogP contribution is 2.14. The van der Waals surface area contributed by atoms with Gasteiger partial charge in [-0.15, -0.1) is 10.2 Å². The predicted octanol–water partition coefficient (Wildman–Crippen LogP) is 3.83. The second-order valence-corrected chi connectivity index (χ2v) is 5.84. The molecule has 0 aliphatic heterocycles. The monoisotopic (exact) mass is 350 g/mol. The van der Waals surface area contributed by atoms with Crippen LogP contribution in [0, 0.1) is 12.7 Å². The molecule has 3 aromatic rings. The number of nitrogens with one attached hydrogen (secondary N) is 2. The Morgan fingerprint density at radius 3 is 2.50 bits per heavy atom. The third-order valence-electron chi connectivity index (χ3n) is 3.95. The highest BCUT2D eigenvalue weighted by molar-refractivity contribution is 6.03. The molecule has 132 valence electrons. The molecule has 0 radical (unpaired) electrons. The zero-order valence-corrected chi connectivity index (χ0v) is 14.4. The first-order valence-electron chi connectivity index (χ1n) is 8.31. The van der Waals surface area contributed by atoms with Crippen molar-refractivity contribution in [3.05, 3.63) is 83.3 Å². The second-order valence-electron chi connectivity index (χ2n) is 5.84.